The first kappa shape index (κ1) is 13.5. The molecule has 2 amide bonds. The Bertz CT molecular complexity index is 492. The molecule has 0 saturated carbocycles. The monoisotopic (exact) mass is 265 g/mol. The van der Waals surface area contributed by atoms with Gasteiger partial charge in [0.25, 0.3) is 0 Å². The van der Waals surface area contributed by atoms with Gasteiger partial charge in [0.2, 0.25) is 11.8 Å². The first-order valence-electron chi connectivity index (χ1n) is 6.46. The topological polar surface area (TPSA) is 80.1 Å². The molecule has 7 nitrogen and oxygen atoms in total. The number of rotatable bonds is 4. The fraction of sp³-hybridized carbons (Fsp3) is 0.667. The van der Waals surface area contributed by atoms with Crippen LogP contribution >= 0.6 is 0 Å². The first-order chi connectivity index (χ1) is 9.00. The predicted molar refractivity (Wildman–Crippen MR) is 67.9 cm³/mol. The summed E-state index contributed by atoms with van der Waals surface area (Å²) in [4.78, 5) is 25.9. The number of hydrogen-bond donors (Lipinski definition) is 1. The van der Waals surface area contributed by atoms with Gasteiger partial charge in [0.05, 0.1) is 6.54 Å². The largest absolute Gasteiger partial charge is 0.340 e. The number of hydrogen-bond acceptors (Lipinski definition) is 4. The maximum absolute atomic E-state index is 12.5. The number of nitrogens with one attached hydrogen (secondary N) is 1. The summed E-state index contributed by atoms with van der Waals surface area (Å²) in [6.45, 7) is 4.22. The Morgan fingerprint density at radius 3 is 2.58 bits per heavy atom. The molecule has 0 aromatic carbocycles. The van der Waals surface area contributed by atoms with Crippen LogP contribution in [-0.2, 0) is 23.2 Å². The standard InChI is InChI=1S/C12H19N5O2/c1-4-12(5-2)11(19)17(8-10(18)13-12)7-9-6-16(3)15-14-9/h6H,4-5,7-8H2,1-3H3,(H,13,18). The van der Waals surface area contributed by atoms with Gasteiger partial charge < -0.3 is 10.2 Å². The van der Waals surface area contributed by atoms with Crippen molar-refractivity contribution in [2.45, 2.75) is 38.8 Å². The lowest BCUT2D eigenvalue weighted by atomic mass is 9.89. The quantitative estimate of drug-likeness (QED) is 0.820. The highest BCUT2D eigenvalue weighted by molar-refractivity contribution is 5.97. The third kappa shape index (κ3) is 2.45. The van der Waals surface area contributed by atoms with E-state index in [1.54, 1.807) is 22.8 Å². The zero-order valence-corrected chi connectivity index (χ0v) is 11.5. The first-order valence-corrected chi connectivity index (χ1v) is 6.46. The average molecular weight is 265 g/mol. The van der Waals surface area contributed by atoms with Crippen LogP contribution in [0.25, 0.3) is 0 Å². The molecule has 0 radical (unpaired) electrons. The van der Waals surface area contributed by atoms with Crippen molar-refractivity contribution in [3.05, 3.63) is 11.9 Å². The Morgan fingerprint density at radius 2 is 2.05 bits per heavy atom. The summed E-state index contributed by atoms with van der Waals surface area (Å²) in [6.07, 6.45) is 2.93. The summed E-state index contributed by atoms with van der Waals surface area (Å²) in [5.74, 6) is -0.157. The molecule has 104 valence electrons. The maximum Gasteiger partial charge on any atom is 0.249 e. The number of nitrogens with zero attached hydrogens (tertiary/aromatic N) is 4. The third-order valence-corrected chi connectivity index (χ3v) is 3.62. The van der Waals surface area contributed by atoms with Crippen molar-refractivity contribution in [2.24, 2.45) is 7.05 Å². The smallest absolute Gasteiger partial charge is 0.249 e. The summed E-state index contributed by atoms with van der Waals surface area (Å²) < 4.78 is 1.58. The van der Waals surface area contributed by atoms with Crippen molar-refractivity contribution in [2.75, 3.05) is 6.54 Å². The Balaban J connectivity index is 2.20. The van der Waals surface area contributed by atoms with E-state index in [0.717, 1.165) is 0 Å². The van der Waals surface area contributed by atoms with Gasteiger partial charge in [-0.25, -0.2) is 0 Å². The van der Waals surface area contributed by atoms with E-state index in [2.05, 4.69) is 15.6 Å². The van der Waals surface area contributed by atoms with Gasteiger partial charge in [-0.1, -0.05) is 19.1 Å². The van der Waals surface area contributed by atoms with Crippen LogP contribution in [0.1, 0.15) is 32.4 Å². The lowest BCUT2D eigenvalue weighted by Crippen LogP contribution is -2.65. The molecule has 1 aromatic heterocycles. The van der Waals surface area contributed by atoms with Crippen LogP contribution in [0.15, 0.2) is 6.20 Å². The summed E-state index contributed by atoms with van der Waals surface area (Å²) in [5, 5.41) is 10.6. The molecule has 1 aliphatic rings. The van der Waals surface area contributed by atoms with Crippen molar-refractivity contribution in [3.63, 3.8) is 0 Å². The Hall–Kier alpha value is -1.92. The molecule has 1 fully saturated rings. The molecule has 19 heavy (non-hydrogen) atoms. The van der Waals surface area contributed by atoms with Gasteiger partial charge in [0.1, 0.15) is 17.8 Å². The molecule has 0 bridgehead atoms. The summed E-state index contributed by atoms with van der Waals surface area (Å²) in [5.41, 5.74) is -0.0796. The molecule has 1 N–H and O–H groups in total. The van der Waals surface area contributed by atoms with Crippen LogP contribution in [0.4, 0.5) is 0 Å². The van der Waals surface area contributed by atoms with Crippen LogP contribution in [0.2, 0.25) is 0 Å². The maximum atomic E-state index is 12.5. The molecule has 1 aliphatic heterocycles. The highest BCUT2D eigenvalue weighted by Crippen LogP contribution is 2.23. The third-order valence-electron chi connectivity index (χ3n) is 3.62. The minimum atomic E-state index is -0.766. The lowest BCUT2D eigenvalue weighted by molar-refractivity contribution is -0.151. The van der Waals surface area contributed by atoms with Crippen molar-refractivity contribution < 1.29 is 9.59 Å². The normalized spacial score (nSPS) is 18.6. The second-order valence-electron chi connectivity index (χ2n) is 4.88. The Morgan fingerprint density at radius 1 is 1.37 bits per heavy atom. The highest BCUT2D eigenvalue weighted by Gasteiger charge is 2.43. The van der Waals surface area contributed by atoms with Crippen molar-refractivity contribution in [1.29, 1.82) is 0 Å². The van der Waals surface area contributed by atoms with Gasteiger partial charge in [-0.2, -0.15) is 0 Å². The summed E-state index contributed by atoms with van der Waals surface area (Å²) >= 11 is 0. The number of aryl methyl sites for hydroxylation is 1. The summed E-state index contributed by atoms with van der Waals surface area (Å²) in [7, 11) is 1.77. The van der Waals surface area contributed by atoms with E-state index in [1.807, 2.05) is 13.8 Å². The second kappa shape index (κ2) is 4.99. The molecule has 0 spiro atoms. The zero-order valence-electron chi connectivity index (χ0n) is 11.5. The average Bonchev–Trinajstić information content (AvgIpc) is 2.79. The Labute approximate surface area is 112 Å². The van der Waals surface area contributed by atoms with E-state index in [4.69, 9.17) is 0 Å². The SMILES string of the molecule is CCC1(CC)NC(=O)CN(Cc2cn(C)nn2)C1=O. The van der Waals surface area contributed by atoms with Gasteiger partial charge in [0, 0.05) is 13.2 Å². The fourth-order valence-corrected chi connectivity index (χ4v) is 2.43. The summed E-state index contributed by atoms with van der Waals surface area (Å²) in [6, 6.07) is 0. The number of carbonyl (C=O) groups is 2. The van der Waals surface area contributed by atoms with Gasteiger partial charge in [-0.15, -0.1) is 5.10 Å². The van der Waals surface area contributed by atoms with Crippen molar-refractivity contribution in [3.8, 4) is 0 Å². The zero-order chi connectivity index (χ0) is 14.0. The predicted octanol–water partition coefficient (Wildman–Crippen LogP) is -0.168. The molecule has 7 heteroatoms. The number of carbonyl (C=O) groups excluding carboxylic acids is 2. The van der Waals surface area contributed by atoms with Gasteiger partial charge >= 0.3 is 0 Å². The molecule has 2 rings (SSSR count). The van der Waals surface area contributed by atoms with Crippen LogP contribution in [0.5, 0.6) is 0 Å². The highest BCUT2D eigenvalue weighted by atomic mass is 16.2. The molecule has 0 aliphatic carbocycles. The molecule has 2 heterocycles. The Kier molecular flexibility index (Phi) is 3.55. The number of amides is 2. The molecule has 1 saturated heterocycles. The number of piperazine rings is 1. The lowest BCUT2D eigenvalue weighted by Gasteiger charge is -2.40. The van der Waals surface area contributed by atoms with Crippen LogP contribution in [0.3, 0.4) is 0 Å². The molecule has 0 unspecified atom stereocenters. The van der Waals surface area contributed by atoms with E-state index in [1.165, 1.54) is 0 Å². The number of aromatic nitrogens is 3. The minimum absolute atomic E-state index is 0.0391. The van der Waals surface area contributed by atoms with E-state index in [-0.39, 0.29) is 18.4 Å². The van der Waals surface area contributed by atoms with E-state index >= 15 is 0 Å². The van der Waals surface area contributed by atoms with Gasteiger partial charge in [-0.05, 0) is 12.8 Å². The molecule has 0 atom stereocenters. The fourth-order valence-electron chi connectivity index (χ4n) is 2.43. The van der Waals surface area contributed by atoms with Crippen LogP contribution in [-0.4, -0.2) is 43.8 Å². The van der Waals surface area contributed by atoms with E-state index < -0.39 is 5.54 Å². The molecular formula is C12H19N5O2. The van der Waals surface area contributed by atoms with Gasteiger partial charge in [0.15, 0.2) is 0 Å². The van der Waals surface area contributed by atoms with E-state index in [9.17, 15) is 9.59 Å². The van der Waals surface area contributed by atoms with Crippen LogP contribution < -0.4 is 5.32 Å². The van der Waals surface area contributed by atoms with Crippen molar-refractivity contribution >= 4 is 11.8 Å². The molecule has 1 aromatic rings. The van der Waals surface area contributed by atoms with E-state index in [0.29, 0.717) is 25.1 Å². The molecular weight excluding hydrogens is 246 g/mol. The van der Waals surface area contributed by atoms with Crippen molar-refractivity contribution in [1.82, 2.24) is 25.2 Å². The minimum Gasteiger partial charge on any atom is -0.340 e. The van der Waals surface area contributed by atoms with Gasteiger partial charge in [-0.3, -0.25) is 14.3 Å². The second-order valence-corrected chi connectivity index (χ2v) is 4.88. The van der Waals surface area contributed by atoms with Crippen LogP contribution in [0, 0.1) is 0 Å².